The molecule has 8 atom stereocenters. The third-order valence-electron chi connectivity index (χ3n) is 13.8. The van der Waals surface area contributed by atoms with Crippen LogP contribution in [0.15, 0.2) is 35.6 Å². The first-order valence-corrected chi connectivity index (χ1v) is 15.9. The van der Waals surface area contributed by atoms with E-state index in [1.165, 1.54) is 0 Å². The van der Waals surface area contributed by atoms with Gasteiger partial charge in [0.05, 0.1) is 17.8 Å². The Kier molecular flexibility index (Phi) is 6.28. The van der Waals surface area contributed by atoms with Gasteiger partial charge in [0.25, 0.3) is 0 Å². The molecule has 5 aliphatic rings. The number of aromatic nitrogens is 2. The van der Waals surface area contributed by atoms with E-state index in [1.807, 2.05) is 32.9 Å². The number of rotatable bonds is 3. The molecular weight excluding hydrogens is 540 g/mol. The number of ketones is 2. The second kappa shape index (κ2) is 9.00. The highest BCUT2D eigenvalue weighted by Crippen LogP contribution is 2.75. The summed E-state index contributed by atoms with van der Waals surface area (Å²) >= 11 is 0. The lowest BCUT2D eigenvalue weighted by Gasteiger charge is -2.71. The summed E-state index contributed by atoms with van der Waals surface area (Å²) in [4.78, 5) is 41.6. The molecule has 0 saturated heterocycles. The van der Waals surface area contributed by atoms with E-state index in [1.54, 1.807) is 12.3 Å². The summed E-state index contributed by atoms with van der Waals surface area (Å²) in [6, 6.07) is 3.98. The number of fused-ring (bicyclic) bond motifs is 7. The van der Waals surface area contributed by atoms with Crippen molar-refractivity contribution in [1.82, 2.24) is 15.5 Å². The minimum atomic E-state index is -1.64. The number of nitrogens with zero attached hydrogens (tertiary/aromatic N) is 2. The van der Waals surface area contributed by atoms with E-state index in [4.69, 9.17) is 0 Å². The van der Waals surface area contributed by atoms with Gasteiger partial charge in [-0.05, 0) is 79.4 Å². The largest absolute Gasteiger partial charge is 0.381 e. The number of hydrogen-bond donors (Lipinski definition) is 3. The highest BCUT2D eigenvalue weighted by Gasteiger charge is 2.75. The Morgan fingerprint density at radius 3 is 2.42 bits per heavy atom. The van der Waals surface area contributed by atoms with Crippen molar-refractivity contribution in [2.24, 2.45) is 44.3 Å². The van der Waals surface area contributed by atoms with Gasteiger partial charge < -0.3 is 10.4 Å². The molecule has 5 aliphatic carbocycles. The molecule has 1 heterocycles. The fourth-order valence-electron chi connectivity index (χ4n) is 10.7. The Bertz CT molecular complexity index is 1520. The van der Waals surface area contributed by atoms with E-state index >= 15 is 0 Å². The normalized spacial score (nSPS) is 44.9. The topological polar surface area (TPSA) is 136 Å². The molecule has 0 unspecified atom stereocenters. The molecule has 8 heteroatoms. The van der Waals surface area contributed by atoms with Crippen LogP contribution in [0.1, 0.15) is 99.1 Å². The lowest BCUT2D eigenvalue weighted by atomic mass is 9.33. The Balaban J connectivity index is 1.43. The zero-order valence-electron chi connectivity index (χ0n) is 26.7. The predicted octanol–water partition coefficient (Wildman–Crippen LogP) is 5.36. The van der Waals surface area contributed by atoms with Crippen molar-refractivity contribution in [3.8, 4) is 6.07 Å². The molecule has 6 rings (SSSR count). The summed E-state index contributed by atoms with van der Waals surface area (Å²) in [5, 5.41) is 32.9. The number of aliphatic hydroxyl groups is 1. The lowest BCUT2D eigenvalue weighted by molar-refractivity contribution is -0.242. The van der Waals surface area contributed by atoms with E-state index < -0.39 is 38.6 Å². The van der Waals surface area contributed by atoms with Crippen LogP contribution < -0.4 is 5.32 Å². The number of aromatic amines is 1. The van der Waals surface area contributed by atoms with E-state index in [0.29, 0.717) is 25.8 Å². The molecule has 1 aromatic heterocycles. The van der Waals surface area contributed by atoms with Crippen LogP contribution in [0.4, 0.5) is 0 Å². The van der Waals surface area contributed by atoms with Crippen molar-refractivity contribution in [2.75, 3.05) is 0 Å². The zero-order valence-corrected chi connectivity index (χ0v) is 26.7. The minimum Gasteiger partial charge on any atom is -0.381 e. The van der Waals surface area contributed by atoms with Crippen LogP contribution in [-0.4, -0.2) is 38.4 Å². The molecule has 0 radical (unpaired) electrons. The molecule has 0 spiro atoms. The van der Waals surface area contributed by atoms with Gasteiger partial charge in [-0.2, -0.15) is 10.4 Å². The molecule has 0 bridgehead atoms. The van der Waals surface area contributed by atoms with Crippen molar-refractivity contribution in [3.05, 3.63) is 41.3 Å². The summed E-state index contributed by atoms with van der Waals surface area (Å²) in [6.07, 6.45) is 10.1. The fraction of sp³-hybridized carbons (Fsp3) is 0.686. The van der Waals surface area contributed by atoms with Gasteiger partial charge in [0, 0.05) is 33.8 Å². The minimum absolute atomic E-state index is 0.0584. The number of nitrogens with one attached hydrogen (secondary N) is 2. The van der Waals surface area contributed by atoms with Gasteiger partial charge in [-0.15, -0.1) is 0 Å². The summed E-state index contributed by atoms with van der Waals surface area (Å²) in [5.41, 5.74) is -3.45. The van der Waals surface area contributed by atoms with Crippen LogP contribution in [0.3, 0.4) is 0 Å². The van der Waals surface area contributed by atoms with Crippen LogP contribution >= 0.6 is 0 Å². The van der Waals surface area contributed by atoms with E-state index in [-0.39, 0.29) is 34.4 Å². The average molecular weight is 587 g/mol. The van der Waals surface area contributed by atoms with E-state index in [9.17, 15) is 24.8 Å². The number of carbonyl (C=O) groups is 3. The lowest BCUT2D eigenvalue weighted by Crippen LogP contribution is -2.74. The molecule has 3 N–H and O–H groups in total. The molecular formula is C35H46N4O4. The summed E-state index contributed by atoms with van der Waals surface area (Å²) in [7, 11) is 0. The van der Waals surface area contributed by atoms with Gasteiger partial charge in [0.2, 0.25) is 5.91 Å². The highest BCUT2D eigenvalue weighted by atomic mass is 16.3. The van der Waals surface area contributed by atoms with Crippen LogP contribution in [-0.2, 0) is 20.9 Å². The Morgan fingerprint density at radius 2 is 1.77 bits per heavy atom. The number of allylic oxidation sites excluding steroid dienone is 3. The first-order valence-electron chi connectivity index (χ1n) is 15.9. The van der Waals surface area contributed by atoms with Gasteiger partial charge in [-0.3, -0.25) is 19.5 Å². The van der Waals surface area contributed by atoms with Gasteiger partial charge in [0.1, 0.15) is 11.7 Å². The van der Waals surface area contributed by atoms with Gasteiger partial charge >= 0.3 is 0 Å². The molecule has 1 amide bonds. The fourth-order valence-corrected chi connectivity index (χ4v) is 10.7. The van der Waals surface area contributed by atoms with Crippen molar-refractivity contribution < 1.29 is 19.5 Å². The Labute approximate surface area is 254 Å². The summed E-state index contributed by atoms with van der Waals surface area (Å²) < 4.78 is 0. The molecule has 0 aliphatic heterocycles. The first kappa shape index (κ1) is 30.0. The van der Waals surface area contributed by atoms with Gasteiger partial charge in [0.15, 0.2) is 11.6 Å². The molecule has 230 valence electrons. The maximum absolute atomic E-state index is 14.6. The zero-order chi connectivity index (χ0) is 31.4. The second-order valence-electron chi connectivity index (χ2n) is 16.2. The quantitative estimate of drug-likeness (QED) is 0.436. The Morgan fingerprint density at radius 1 is 1.07 bits per heavy atom. The summed E-state index contributed by atoms with van der Waals surface area (Å²) in [6.45, 7) is 14.8. The maximum Gasteiger partial charge on any atom is 0.226 e. The molecule has 3 fully saturated rings. The summed E-state index contributed by atoms with van der Waals surface area (Å²) in [5.74, 6) is -0.937. The molecule has 0 aromatic carbocycles. The monoisotopic (exact) mass is 586 g/mol. The van der Waals surface area contributed by atoms with Gasteiger partial charge in [-0.25, -0.2) is 0 Å². The molecule has 8 nitrogen and oxygen atoms in total. The van der Waals surface area contributed by atoms with E-state index in [2.05, 4.69) is 49.3 Å². The first-order chi connectivity index (χ1) is 19.9. The van der Waals surface area contributed by atoms with Crippen molar-refractivity contribution in [2.45, 2.75) is 106 Å². The smallest absolute Gasteiger partial charge is 0.226 e. The number of Topliss-reactive ketones (excluding diaryl/α,β-unsaturated/α-hetero) is 1. The van der Waals surface area contributed by atoms with Crippen molar-refractivity contribution in [3.63, 3.8) is 0 Å². The van der Waals surface area contributed by atoms with Crippen LogP contribution in [0, 0.1) is 55.7 Å². The number of carbonyl (C=O) groups excluding carboxylic acids is 3. The highest BCUT2D eigenvalue weighted by molar-refractivity contribution is 6.05. The van der Waals surface area contributed by atoms with Crippen molar-refractivity contribution in [1.29, 1.82) is 5.26 Å². The Hall–Kier alpha value is -3.05. The van der Waals surface area contributed by atoms with Gasteiger partial charge in [-0.1, -0.05) is 54.5 Å². The number of amides is 1. The standard InChI is InChI=1S/C35H46N4O4/c1-29(2)23-8-10-33(6)24(32(23,5)17-21(19-36)27(29)41)16-26(40)35(43)25-18-31(4,28(42)37-20-22-9-15-38-39-22)12-11-30(25,3)13-14-34(33,35)7/h9,15-17,23,25,43H,8,10-14,18,20H2,1-7H3,(H,37,42)(H,38,39)/t23-,25+,30+,31-,32-,33+,34-,35+/m0/s1. The third-order valence-corrected chi connectivity index (χ3v) is 13.8. The SMILES string of the molecule is CC1(C)C(=O)C(C#N)=C[C@]2(C)C3=CC(=O)[C@]4(O)[C@@H]5C[C@@](C)(C(=O)NCc6ccn[nH]6)CC[C@]5(C)CC[C@@]4(C)[C@]3(C)CC[C@@H]12. The number of H-pyrrole nitrogens is 1. The molecule has 1 aromatic rings. The van der Waals surface area contributed by atoms with Crippen LogP contribution in [0.2, 0.25) is 0 Å². The third kappa shape index (κ3) is 3.64. The number of hydrogen-bond acceptors (Lipinski definition) is 6. The second-order valence-corrected chi connectivity index (χ2v) is 16.2. The average Bonchev–Trinajstić information content (AvgIpc) is 3.48. The number of nitriles is 1. The molecule has 3 saturated carbocycles. The van der Waals surface area contributed by atoms with Crippen LogP contribution in [0.5, 0.6) is 0 Å². The predicted molar refractivity (Wildman–Crippen MR) is 161 cm³/mol. The van der Waals surface area contributed by atoms with E-state index in [0.717, 1.165) is 37.0 Å². The maximum atomic E-state index is 14.6. The van der Waals surface area contributed by atoms with Crippen molar-refractivity contribution >= 4 is 17.5 Å². The van der Waals surface area contributed by atoms with Crippen LogP contribution in [0.25, 0.3) is 0 Å². The molecule has 43 heavy (non-hydrogen) atoms.